The van der Waals surface area contributed by atoms with Gasteiger partial charge in [0.05, 0.1) is 7.11 Å². The SMILES string of the molecule is CCCNC(CSCc1ccccc1)C(=O)OC. The van der Waals surface area contributed by atoms with Crippen molar-refractivity contribution in [2.45, 2.75) is 25.1 Å². The Kier molecular flexibility index (Phi) is 7.53. The van der Waals surface area contributed by atoms with Crippen molar-refractivity contribution < 1.29 is 9.53 Å². The lowest BCUT2D eigenvalue weighted by Gasteiger charge is -2.15. The van der Waals surface area contributed by atoms with E-state index in [-0.39, 0.29) is 12.0 Å². The Morgan fingerprint density at radius 2 is 2.11 bits per heavy atom. The molecule has 0 aliphatic rings. The van der Waals surface area contributed by atoms with Crippen molar-refractivity contribution in [3.8, 4) is 0 Å². The molecule has 0 heterocycles. The quantitative estimate of drug-likeness (QED) is 0.734. The molecule has 3 nitrogen and oxygen atoms in total. The molecule has 0 aromatic heterocycles. The standard InChI is InChI=1S/C14H21NO2S/c1-3-9-15-13(14(16)17-2)11-18-10-12-7-5-4-6-8-12/h4-8,13,15H,3,9-11H2,1-2H3. The Labute approximate surface area is 113 Å². The van der Waals surface area contributed by atoms with Crippen LogP contribution in [-0.2, 0) is 15.3 Å². The molecular formula is C14H21NO2S. The average Bonchev–Trinajstić information content (AvgIpc) is 2.43. The van der Waals surface area contributed by atoms with Crippen molar-refractivity contribution >= 4 is 17.7 Å². The maximum absolute atomic E-state index is 11.6. The Morgan fingerprint density at radius 3 is 2.72 bits per heavy atom. The molecule has 4 heteroatoms. The van der Waals surface area contributed by atoms with Crippen LogP contribution in [0.25, 0.3) is 0 Å². The zero-order chi connectivity index (χ0) is 13.2. The van der Waals surface area contributed by atoms with Gasteiger partial charge in [0.15, 0.2) is 0 Å². The fourth-order valence-corrected chi connectivity index (χ4v) is 2.58. The van der Waals surface area contributed by atoms with E-state index in [1.807, 2.05) is 18.2 Å². The van der Waals surface area contributed by atoms with Gasteiger partial charge in [-0.15, -0.1) is 0 Å². The Morgan fingerprint density at radius 1 is 1.39 bits per heavy atom. The van der Waals surface area contributed by atoms with E-state index < -0.39 is 0 Å². The number of hydrogen-bond donors (Lipinski definition) is 1. The topological polar surface area (TPSA) is 38.3 Å². The predicted molar refractivity (Wildman–Crippen MR) is 76.7 cm³/mol. The van der Waals surface area contributed by atoms with E-state index in [1.54, 1.807) is 11.8 Å². The zero-order valence-electron chi connectivity index (χ0n) is 11.0. The molecule has 0 spiro atoms. The van der Waals surface area contributed by atoms with Crippen molar-refractivity contribution in [2.75, 3.05) is 19.4 Å². The molecule has 0 aliphatic heterocycles. The summed E-state index contributed by atoms with van der Waals surface area (Å²) >= 11 is 1.75. The average molecular weight is 267 g/mol. The number of ether oxygens (including phenoxy) is 1. The van der Waals surface area contributed by atoms with Gasteiger partial charge in [0.2, 0.25) is 0 Å². The largest absolute Gasteiger partial charge is 0.468 e. The van der Waals surface area contributed by atoms with E-state index in [0.717, 1.165) is 24.5 Å². The van der Waals surface area contributed by atoms with E-state index in [4.69, 9.17) is 4.74 Å². The summed E-state index contributed by atoms with van der Waals surface area (Å²) in [4.78, 5) is 11.6. The molecule has 1 atom stereocenters. The Hall–Kier alpha value is -1.00. The van der Waals surface area contributed by atoms with Crippen LogP contribution in [0.2, 0.25) is 0 Å². The molecule has 0 saturated carbocycles. The fourth-order valence-electron chi connectivity index (χ4n) is 1.54. The molecule has 1 aromatic carbocycles. The molecule has 100 valence electrons. The first-order valence-electron chi connectivity index (χ1n) is 6.20. The van der Waals surface area contributed by atoms with Crippen LogP contribution >= 0.6 is 11.8 Å². The number of rotatable bonds is 8. The number of benzene rings is 1. The zero-order valence-corrected chi connectivity index (χ0v) is 11.8. The monoisotopic (exact) mass is 267 g/mol. The minimum Gasteiger partial charge on any atom is -0.468 e. The highest BCUT2D eigenvalue weighted by Crippen LogP contribution is 2.13. The van der Waals surface area contributed by atoms with Gasteiger partial charge in [-0.25, -0.2) is 0 Å². The molecule has 0 amide bonds. The molecule has 0 saturated heterocycles. The van der Waals surface area contributed by atoms with E-state index in [9.17, 15) is 4.79 Å². The number of methoxy groups -OCH3 is 1. The van der Waals surface area contributed by atoms with Crippen LogP contribution in [-0.4, -0.2) is 31.4 Å². The molecule has 1 rings (SSSR count). The smallest absolute Gasteiger partial charge is 0.323 e. The summed E-state index contributed by atoms with van der Waals surface area (Å²) in [6, 6.07) is 10.1. The summed E-state index contributed by atoms with van der Waals surface area (Å²) in [5.41, 5.74) is 1.28. The second kappa shape index (κ2) is 9.00. The molecule has 0 fully saturated rings. The lowest BCUT2D eigenvalue weighted by Crippen LogP contribution is -2.40. The molecular weight excluding hydrogens is 246 g/mol. The second-order valence-corrected chi connectivity index (χ2v) is 5.06. The van der Waals surface area contributed by atoms with Crippen molar-refractivity contribution in [1.82, 2.24) is 5.32 Å². The van der Waals surface area contributed by atoms with E-state index in [0.29, 0.717) is 0 Å². The van der Waals surface area contributed by atoms with E-state index in [2.05, 4.69) is 24.4 Å². The predicted octanol–water partition coefficient (Wildman–Crippen LogP) is 2.46. The van der Waals surface area contributed by atoms with Crippen molar-refractivity contribution in [1.29, 1.82) is 0 Å². The second-order valence-electron chi connectivity index (χ2n) is 4.03. The van der Waals surface area contributed by atoms with Gasteiger partial charge >= 0.3 is 5.97 Å². The number of carbonyl (C=O) groups excluding carboxylic acids is 1. The van der Waals surface area contributed by atoms with Crippen LogP contribution in [0.1, 0.15) is 18.9 Å². The lowest BCUT2D eigenvalue weighted by atomic mass is 10.2. The fraction of sp³-hybridized carbons (Fsp3) is 0.500. The first-order chi connectivity index (χ1) is 8.77. The summed E-state index contributed by atoms with van der Waals surface area (Å²) in [6.45, 7) is 2.92. The number of carbonyl (C=O) groups is 1. The minimum absolute atomic E-state index is 0.177. The maximum Gasteiger partial charge on any atom is 0.323 e. The molecule has 1 N–H and O–H groups in total. The highest BCUT2D eigenvalue weighted by atomic mass is 32.2. The van der Waals surface area contributed by atoms with Crippen LogP contribution in [0, 0.1) is 0 Å². The van der Waals surface area contributed by atoms with Crippen molar-refractivity contribution in [2.24, 2.45) is 0 Å². The van der Waals surface area contributed by atoms with Gasteiger partial charge in [-0.05, 0) is 18.5 Å². The summed E-state index contributed by atoms with van der Waals surface area (Å²) in [6.07, 6.45) is 1.01. The highest BCUT2D eigenvalue weighted by molar-refractivity contribution is 7.98. The van der Waals surface area contributed by atoms with Crippen LogP contribution in [0.15, 0.2) is 30.3 Å². The summed E-state index contributed by atoms with van der Waals surface area (Å²) < 4.78 is 4.80. The summed E-state index contributed by atoms with van der Waals surface area (Å²) in [7, 11) is 1.44. The van der Waals surface area contributed by atoms with Crippen molar-refractivity contribution in [3.05, 3.63) is 35.9 Å². The van der Waals surface area contributed by atoms with E-state index >= 15 is 0 Å². The highest BCUT2D eigenvalue weighted by Gasteiger charge is 2.17. The van der Waals surface area contributed by atoms with Gasteiger partial charge in [0, 0.05) is 11.5 Å². The first-order valence-corrected chi connectivity index (χ1v) is 7.36. The van der Waals surface area contributed by atoms with Crippen LogP contribution < -0.4 is 5.32 Å². The lowest BCUT2D eigenvalue weighted by molar-refractivity contribution is -0.142. The number of hydrogen-bond acceptors (Lipinski definition) is 4. The minimum atomic E-state index is -0.205. The van der Waals surface area contributed by atoms with Crippen molar-refractivity contribution in [3.63, 3.8) is 0 Å². The number of esters is 1. The Balaban J connectivity index is 2.35. The van der Waals surface area contributed by atoms with Gasteiger partial charge in [-0.1, -0.05) is 37.3 Å². The first kappa shape index (κ1) is 15.1. The summed E-state index contributed by atoms with van der Waals surface area (Å²) in [5, 5.41) is 3.21. The van der Waals surface area contributed by atoms with Crippen LogP contribution in [0.4, 0.5) is 0 Å². The van der Waals surface area contributed by atoms with Gasteiger partial charge in [-0.2, -0.15) is 11.8 Å². The third kappa shape index (κ3) is 5.56. The normalized spacial score (nSPS) is 12.1. The Bertz CT molecular complexity index is 343. The molecule has 0 bridgehead atoms. The summed E-state index contributed by atoms with van der Waals surface area (Å²) in [5.74, 6) is 1.48. The van der Waals surface area contributed by atoms with Gasteiger partial charge < -0.3 is 10.1 Å². The van der Waals surface area contributed by atoms with E-state index in [1.165, 1.54) is 12.7 Å². The number of thioether (sulfide) groups is 1. The molecule has 0 aliphatic carbocycles. The van der Waals surface area contributed by atoms with Crippen LogP contribution in [0.5, 0.6) is 0 Å². The third-order valence-corrected chi connectivity index (χ3v) is 3.63. The third-order valence-electron chi connectivity index (χ3n) is 2.52. The molecule has 18 heavy (non-hydrogen) atoms. The molecule has 1 unspecified atom stereocenters. The van der Waals surface area contributed by atoms with Gasteiger partial charge in [0.1, 0.15) is 6.04 Å². The maximum atomic E-state index is 11.6. The van der Waals surface area contributed by atoms with Crippen LogP contribution in [0.3, 0.4) is 0 Å². The molecule has 0 radical (unpaired) electrons. The number of nitrogens with one attached hydrogen (secondary N) is 1. The van der Waals surface area contributed by atoms with Gasteiger partial charge in [0.25, 0.3) is 0 Å². The molecule has 1 aromatic rings. The van der Waals surface area contributed by atoms with Gasteiger partial charge in [-0.3, -0.25) is 4.79 Å².